The van der Waals surface area contributed by atoms with Crippen LogP contribution in [-0.2, 0) is 4.79 Å². The van der Waals surface area contributed by atoms with Gasteiger partial charge in [-0.25, -0.2) is 0 Å². The molecule has 0 aliphatic heterocycles. The Hall–Kier alpha value is -1.65. The zero-order valence-corrected chi connectivity index (χ0v) is 31.3. The van der Waals surface area contributed by atoms with Crippen molar-refractivity contribution in [3.63, 3.8) is 0 Å². The lowest BCUT2D eigenvalue weighted by Gasteiger charge is -2.19. The number of amides is 1. The van der Waals surface area contributed by atoms with Gasteiger partial charge < -0.3 is 15.5 Å². The fourth-order valence-corrected chi connectivity index (χ4v) is 5.89. The Bertz CT molecular complexity index is 756. The highest BCUT2D eigenvalue weighted by Gasteiger charge is 2.17. The van der Waals surface area contributed by atoms with Crippen molar-refractivity contribution in [1.82, 2.24) is 5.32 Å². The maximum absolute atomic E-state index is 12.3. The summed E-state index contributed by atoms with van der Waals surface area (Å²) in [5.41, 5.74) is 0. The third kappa shape index (κ3) is 35.5. The monoisotopic (exact) mass is 658 g/mol. The maximum Gasteiger partial charge on any atom is 0.220 e. The molecule has 0 saturated heterocycles. The number of rotatable bonds is 36. The smallest absolute Gasteiger partial charge is 0.220 e. The van der Waals surface area contributed by atoms with Crippen LogP contribution in [0.15, 0.2) is 48.6 Å². The van der Waals surface area contributed by atoms with Crippen molar-refractivity contribution in [2.24, 2.45) is 0 Å². The van der Waals surface area contributed by atoms with Gasteiger partial charge in [-0.05, 0) is 57.8 Å². The Balaban J connectivity index is 3.66. The maximum atomic E-state index is 12.3. The number of unbranched alkanes of at least 4 members (excludes halogenated alkanes) is 24. The van der Waals surface area contributed by atoms with Crippen LogP contribution >= 0.6 is 0 Å². The highest BCUT2D eigenvalue weighted by Crippen LogP contribution is 2.14. The first-order valence-electron chi connectivity index (χ1n) is 20.4. The molecule has 2 atom stereocenters. The van der Waals surface area contributed by atoms with Crippen LogP contribution < -0.4 is 5.32 Å². The van der Waals surface area contributed by atoms with E-state index in [1.807, 2.05) is 6.08 Å². The lowest BCUT2D eigenvalue weighted by Crippen LogP contribution is -2.45. The minimum Gasteiger partial charge on any atom is -0.394 e. The molecule has 0 aromatic rings. The molecule has 0 fully saturated rings. The number of carbonyl (C=O) groups is 1. The topological polar surface area (TPSA) is 69.6 Å². The number of aliphatic hydroxyl groups excluding tert-OH is 2. The molecule has 0 aromatic heterocycles. The van der Waals surface area contributed by atoms with Gasteiger partial charge in [0.15, 0.2) is 0 Å². The molecule has 2 unspecified atom stereocenters. The van der Waals surface area contributed by atoms with Crippen LogP contribution in [0.25, 0.3) is 0 Å². The summed E-state index contributed by atoms with van der Waals surface area (Å²) in [5.74, 6) is -0.0872. The number of nitrogens with one attached hydrogen (secondary N) is 1. The second-order valence-electron chi connectivity index (χ2n) is 13.7. The number of hydrogen-bond donors (Lipinski definition) is 3. The predicted octanol–water partition coefficient (Wildman–Crippen LogP) is 12.4. The van der Waals surface area contributed by atoms with Crippen molar-refractivity contribution in [3.8, 4) is 0 Å². The molecule has 1 amide bonds. The van der Waals surface area contributed by atoms with Crippen LogP contribution in [0, 0.1) is 0 Å². The number of aliphatic hydroxyl groups is 2. The van der Waals surface area contributed by atoms with Crippen LogP contribution in [0.1, 0.15) is 200 Å². The standard InChI is InChI=1S/C43H79NO3/c1-3-5-7-9-11-13-15-17-19-20-21-22-23-25-26-28-30-32-34-36-38-42(46)41(40-45)44-43(47)39-37-35-33-31-29-27-24-18-16-14-12-10-8-6-4-2/h12,14,16,18,28,30,36,38,41-42,45-46H,3-11,13,15,17,19-27,29,31-35,37,39-40H2,1-2H3,(H,44,47)/b14-12-,18-16-,30-28+,38-36+. The summed E-state index contributed by atoms with van der Waals surface area (Å²) < 4.78 is 0. The van der Waals surface area contributed by atoms with E-state index in [0.29, 0.717) is 6.42 Å². The summed E-state index contributed by atoms with van der Waals surface area (Å²) in [5, 5.41) is 22.9. The molecule has 0 saturated carbocycles. The van der Waals surface area contributed by atoms with E-state index >= 15 is 0 Å². The summed E-state index contributed by atoms with van der Waals surface area (Å²) >= 11 is 0. The Morgan fingerprint density at radius 3 is 1.40 bits per heavy atom. The Morgan fingerprint density at radius 1 is 0.511 bits per heavy atom. The van der Waals surface area contributed by atoms with Crippen LogP contribution in [0.3, 0.4) is 0 Å². The first kappa shape index (κ1) is 45.3. The predicted molar refractivity (Wildman–Crippen MR) is 207 cm³/mol. The van der Waals surface area contributed by atoms with Gasteiger partial charge in [0.05, 0.1) is 18.8 Å². The molecule has 0 bridgehead atoms. The van der Waals surface area contributed by atoms with Crippen LogP contribution in [0.4, 0.5) is 0 Å². The average Bonchev–Trinajstić information content (AvgIpc) is 3.07. The first-order chi connectivity index (χ1) is 23.2. The van der Waals surface area contributed by atoms with Crippen LogP contribution in [0.5, 0.6) is 0 Å². The van der Waals surface area contributed by atoms with Gasteiger partial charge in [-0.15, -0.1) is 0 Å². The average molecular weight is 658 g/mol. The van der Waals surface area contributed by atoms with Crippen molar-refractivity contribution in [2.75, 3.05) is 6.61 Å². The first-order valence-corrected chi connectivity index (χ1v) is 20.4. The molecule has 47 heavy (non-hydrogen) atoms. The van der Waals surface area contributed by atoms with Crippen molar-refractivity contribution in [2.45, 2.75) is 212 Å². The SMILES string of the molecule is CCCCC/C=C\C=C/CCCCCCCCC(=O)NC(CO)C(O)/C=C/CC/C=C/CCCCCCCCCCCCCCCC. The van der Waals surface area contributed by atoms with E-state index in [9.17, 15) is 15.0 Å². The van der Waals surface area contributed by atoms with Crippen molar-refractivity contribution < 1.29 is 15.0 Å². The molecule has 4 nitrogen and oxygen atoms in total. The third-order valence-electron chi connectivity index (χ3n) is 9.06. The van der Waals surface area contributed by atoms with Crippen LogP contribution in [-0.4, -0.2) is 34.9 Å². The highest BCUT2D eigenvalue weighted by atomic mass is 16.3. The minimum atomic E-state index is -0.867. The van der Waals surface area contributed by atoms with E-state index in [2.05, 4.69) is 55.6 Å². The summed E-state index contributed by atoms with van der Waals surface area (Å²) in [7, 11) is 0. The molecule has 0 rings (SSSR count). The molecule has 0 heterocycles. The van der Waals surface area contributed by atoms with Gasteiger partial charge in [0, 0.05) is 6.42 Å². The molecule has 0 spiro atoms. The summed E-state index contributed by atoms with van der Waals surface area (Å²) in [6.45, 7) is 4.26. The minimum absolute atomic E-state index is 0.0872. The fraction of sp³-hybridized carbons (Fsp3) is 0.791. The molecule has 0 aromatic carbocycles. The van der Waals surface area contributed by atoms with Gasteiger partial charge >= 0.3 is 0 Å². The Labute approximate surface area is 293 Å². The second-order valence-corrected chi connectivity index (χ2v) is 13.7. The molecular weight excluding hydrogens is 578 g/mol. The summed E-state index contributed by atoms with van der Waals surface area (Å²) in [4.78, 5) is 12.3. The van der Waals surface area contributed by atoms with Gasteiger partial charge in [0.2, 0.25) is 5.91 Å². The van der Waals surface area contributed by atoms with Gasteiger partial charge in [-0.2, -0.15) is 0 Å². The molecule has 274 valence electrons. The highest BCUT2D eigenvalue weighted by molar-refractivity contribution is 5.76. The molecule has 0 aliphatic rings. The van der Waals surface area contributed by atoms with Crippen LogP contribution in [0.2, 0.25) is 0 Å². The van der Waals surface area contributed by atoms with E-state index in [1.165, 1.54) is 135 Å². The largest absolute Gasteiger partial charge is 0.394 e. The van der Waals surface area contributed by atoms with Gasteiger partial charge in [-0.1, -0.05) is 184 Å². The van der Waals surface area contributed by atoms with Crippen molar-refractivity contribution in [1.29, 1.82) is 0 Å². The molecule has 3 N–H and O–H groups in total. The fourth-order valence-electron chi connectivity index (χ4n) is 5.89. The Kier molecular flexibility index (Phi) is 37.4. The van der Waals surface area contributed by atoms with E-state index in [1.54, 1.807) is 6.08 Å². The second kappa shape index (κ2) is 38.8. The summed E-state index contributed by atoms with van der Waals surface area (Å²) in [6, 6.07) is -0.645. The van der Waals surface area contributed by atoms with E-state index < -0.39 is 12.1 Å². The Morgan fingerprint density at radius 2 is 0.894 bits per heavy atom. The normalized spacial score (nSPS) is 13.5. The molecule has 0 aliphatic carbocycles. The van der Waals surface area contributed by atoms with E-state index in [-0.39, 0.29) is 12.5 Å². The van der Waals surface area contributed by atoms with Crippen molar-refractivity contribution >= 4 is 5.91 Å². The zero-order valence-electron chi connectivity index (χ0n) is 31.3. The van der Waals surface area contributed by atoms with Gasteiger partial charge in [0.1, 0.15) is 0 Å². The number of allylic oxidation sites excluding steroid dienone is 7. The van der Waals surface area contributed by atoms with Gasteiger partial charge in [-0.3, -0.25) is 4.79 Å². The lowest BCUT2D eigenvalue weighted by molar-refractivity contribution is -0.123. The number of carbonyl (C=O) groups excluding carboxylic acids is 1. The lowest BCUT2D eigenvalue weighted by atomic mass is 10.0. The molecule has 4 heteroatoms. The molecular formula is C43H79NO3. The van der Waals surface area contributed by atoms with E-state index in [0.717, 1.165) is 44.9 Å². The van der Waals surface area contributed by atoms with Crippen molar-refractivity contribution in [3.05, 3.63) is 48.6 Å². The third-order valence-corrected chi connectivity index (χ3v) is 9.06. The van der Waals surface area contributed by atoms with Gasteiger partial charge in [0.25, 0.3) is 0 Å². The summed E-state index contributed by atoms with van der Waals surface area (Å²) in [6.07, 6.45) is 52.1. The van der Waals surface area contributed by atoms with E-state index in [4.69, 9.17) is 0 Å². The molecule has 0 radical (unpaired) electrons. The quantitative estimate of drug-likeness (QED) is 0.0357. The zero-order chi connectivity index (χ0) is 34.3. The number of hydrogen-bond acceptors (Lipinski definition) is 3.